The van der Waals surface area contributed by atoms with Crippen LogP contribution in [0.15, 0.2) is 39.6 Å². The van der Waals surface area contributed by atoms with Crippen molar-refractivity contribution in [1.29, 1.82) is 0 Å². The molecule has 1 heterocycles. The highest BCUT2D eigenvalue weighted by molar-refractivity contribution is 6.32. The highest BCUT2D eigenvalue weighted by atomic mass is 35.5. The van der Waals surface area contributed by atoms with Gasteiger partial charge in [-0.2, -0.15) is 5.10 Å². The first-order valence-corrected chi connectivity index (χ1v) is 13.8. The summed E-state index contributed by atoms with van der Waals surface area (Å²) in [6.45, 7) is 10.0. The summed E-state index contributed by atoms with van der Waals surface area (Å²) < 4.78 is 37.8. The van der Waals surface area contributed by atoms with Gasteiger partial charge < -0.3 is 24.6 Å². The van der Waals surface area contributed by atoms with E-state index in [4.69, 9.17) is 32.7 Å². The van der Waals surface area contributed by atoms with Gasteiger partial charge in [0.25, 0.3) is 6.43 Å². The van der Waals surface area contributed by atoms with E-state index in [1.54, 1.807) is 12.0 Å². The van der Waals surface area contributed by atoms with Crippen LogP contribution in [0.2, 0.25) is 0 Å². The SMILES string of the molecule is CCOCCNCC(C)N(CC(=O)N1CCN(C2=CC(COC)=C(Cl)CC=C2)CC1)/N=C(/C(F)F)C(C)Cl. The molecule has 0 spiro atoms. The molecule has 1 aliphatic heterocycles. The molecule has 216 valence electrons. The van der Waals surface area contributed by atoms with E-state index < -0.39 is 17.5 Å². The molecular formula is C26H41Cl2F2N5O3. The van der Waals surface area contributed by atoms with Crippen LogP contribution in [0.1, 0.15) is 27.2 Å². The van der Waals surface area contributed by atoms with Gasteiger partial charge in [-0.25, -0.2) is 8.78 Å². The number of hydrogen-bond acceptors (Lipinski definition) is 7. The van der Waals surface area contributed by atoms with Gasteiger partial charge in [0, 0.05) is 70.1 Å². The normalized spacial score (nSPS) is 18.6. The number of allylic oxidation sites excluding steroid dienone is 3. The fraction of sp³-hybridized carbons (Fsp3) is 0.692. The molecule has 38 heavy (non-hydrogen) atoms. The van der Waals surface area contributed by atoms with E-state index in [0.29, 0.717) is 65.5 Å². The van der Waals surface area contributed by atoms with Crippen molar-refractivity contribution >= 4 is 34.8 Å². The predicted molar refractivity (Wildman–Crippen MR) is 149 cm³/mol. The summed E-state index contributed by atoms with van der Waals surface area (Å²) in [6, 6.07) is -0.317. The van der Waals surface area contributed by atoms with E-state index in [1.165, 1.54) is 11.9 Å². The fourth-order valence-corrected chi connectivity index (χ4v) is 4.42. The standard InChI is InChI=1S/C26H41Cl2F2N5O3/c1-5-38-14-9-31-16-19(2)35(32-25(20(3)27)26(29)30)17-24(36)34-12-10-33(11-13-34)22-7-6-8-23(28)21(15-22)18-37-4/h6-7,15,19-20,26,31H,5,8-14,16-18H2,1-4H3/b32-25+. The topological polar surface area (TPSA) is 69.6 Å². The van der Waals surface area contributed by atoms with E-state index in [9.17, 15) is 13.6 Å². The monoisotopic (exact) mass is 579 g/mol. The van der Waals surface area contributed by atoms with Crippen LogP contribution in [0.5, 0.6) is 0 Å². The number of nitrogens with one attached hydrogen (secondary N) is 1. The minimum atomic E-state index is -2.81. The van der Waals surface area contributed by atoms with Crippen molar-refractivity contribution in [3.05, 3.63) is 34.5 Å². The number of alkyl halides is 3. The molecule has 1 amide bonds. The second kappa shape index (κ2) is 17.1. The number of carbonyl (C=O) groups excluding carboxylic acids is 1. The Hall–Kier alpha value is -1.72. The Morgan fingerprint density at radius 2 is 1.97 bits per heavy atom. The lowest BCUT2D eigenvalue weighted by Gasteiger charge is -2.38. The maximum absolute atomic E-state index is 13.6. The lowest BCUT2D eigenvalue weighted by molar-refractivity contribution is -0.134. The number of piperazine rings is 1. The van der Waals surface area contributed by atoms with Crippen molar-refractivity contribution in [3.8, 4) is 0 Å². The Bertz CT molecular complexity index is 865. The first-order chi connectivity index (χ1) is 18.2. The number of rotatable bonds is 15. The Kier molecular flexibility index (Phi) is 14.6. The summed E-state index contributed by atoms with van der Waals surface area (Å²) in [6.07, 6.45) is 3.93. The molecular weight excluding hydrogens is 539 g/mol. The van der Waals surface area contributed by atoms with Crippen LogP contribution in [0.4, 0.5) is 8.78 Å². The molecule has 0 aromatic heterocycles. The van der Waals surface area contributed by atoms with Crippen molar-refractivity contribution < 1.29 is 23.0 Å². The zero-order valence-corrected chi connectivity index (χ0v) is 24.3. The number of carbonyl (C=O) groups is 1. The van der Waals surface area contributed by atoms with Crippen molar-refractivity contribution in [2.75, 3.05) is 72.7 Å². The van der Waals surface area contributed by atoms with Crippen LogP contribution in [0.25, 0.3) is 0 Å². The molecule has 1 N–H and O–H groups in total. The summed E-state index contributed by atoms with van der Waals surface area (Å²) in [5.74, 6) is -0.168. The van der Waals surface area contributed by atoms with Crippen LogP contribution >= 0.6 is 23.2 Å². The van der Waals surface area contributed by atoms with E-state index in [2.05, 4.69) is 15.3 Å². The summed E-state index contributed by atoms with van der Waals surface area (Å²) in [4.78, 5) is 17.2. The van der Waals surface area contributed by atoms with Gasteiger partial charge in [-0.1, -0.05) is 17.7 Å². The van der Waals surface area contributed by atoms with Gasteiger partial charge in [0.15, 0.2) is 0 Å². The first kappa shape index (κ1) is 32.5. The lowest BCUT2D eigenvalue weighted by Crippen LogP contribution is -2.52. The number of hydrogen-bond donors (Lipinski definition) is 1. The van der Waals surface area contributed by atoms with Crippen molar-refractivity contribution in [1.82, 2.24) is 20.1 Å². The minimum Gasteiger partial charge on any atom is -0.380 e. The summed E-state index contributed by atoms with van der Waals surface area (Å²) in [7, 11) is 1.64. The molecule has 2 aliphatic rings. The van der Waals surface area contributed by atoms with Crippen molar-refractivity contribution in [3.63, 3.8) is 0 Å². The van der Waals surface area contributed by atoms with E-state index >= 15 is 0 Å². The second-order valence-corrected chi connectivity index (χ2v) is 10.3. The molecule has 1 aliphatic carbocycles. The lowest BCUT2D eigenvalue weighted by atomic mass is 10.2. The predicted octanol–water partition coefficient (Wildman–Crippen LogP) is 3.68. The average Bonchev–Trinajstić information content (AvgIpc) is 3.07. The number of amides is 1. The number of hydrazone groups is 1. The number of halogens is 4. The van der Waals surface area contributed by atoms with Gasteiger partial charge in [-0.15, -0.1) is 11.6 Å². The molecule has 1 fully saturated rings. The molecule has 2 atom stereocenters. The van der Waals surface area contributed by atoms with Gasteiger partial charge in [-0.05, 0) is 38.5 Å². The smallest absolute Gasteiger partial charge is 0.279 e. The molecule has 0 bridgehead atoms. The van der Waals surface area contributed by atoms with E-state index in [-0.39, 0.29) is 18.5 Å². The maximum atomic E-state index is 13.6. The summed E-state index contributed by atoms with van der Waals surface area (Å²) in [5.41, 5.74) is 1.51. The van der Waals surface area contributed by atoms with Crippen LogP contribution < -0.4 is 5.32 Å². The number of nitrogens with zero attached hydrogens (tertiary/aromatic N) is 4. The van der Waals surface area contributed by atoms with Gasteiger partial charge >= 0.3 is 0 Å². The molecule has 1 saturated heterocycles. The van der Waals surface area contributed by atoms with Gasteiger partial charge in [0.2, 0.25) is 5.91 Å². The quantitative estimate of drug-likeness (QED) is 0.138. The van der Waals surface area contributed by atoms with E-state index in [1.807, 2.05) is 32.1 Å². The van der Waals surface area contributed by atoms with Gasteiger partial charge in [0.05, 0.1) is 24.6 Å². The average molecular weight is 581 g/mol. The Balaban J connectivity index is 2.05. The molecule has 0 aromatic rings. The third-order valence-corrected chi connectivity index (χ3v) is 6.92. The molecule has 12 heteroatoms. The third-order valence-electron chi connectivity index (χ3n) is 6.30. The second-order valence-electron chi connectivity index (χ2n) is 9.20. The van der Waals surface area contributed by atoms with Gasteiger partial charge in [-0.3, -0.25) is 9.80 Å². The maximum Gasteiger partial charge on any atom is 0.279 e. The van der Waals surface area contributed by atoms with Crippen LogP contribution in [-0.4, -0.2) is 117 Å². The van der Waals surface area contributed by atoms with Crippen molar-refractivity contribution in [2.24, 2.45) is 5.10 Å². The van der Waals surface area contributed by atoms with Crippen LogP contribution in [0, 0.1) is 0 Å². The molecule has 0 aromatic carbocycles. The highest BCUT2D eigenvalue weighted by Crippen LogP contribution is 2.24. The largest absolute Gasteiger partial charge is 0.380 e. The van der Waals surface area contributed by atoms with Gasteiger partial charge in [0.1, 0.15) is 12.3 Å². The van der Waals surface area contributed by atoms with Crippen molar-refractivity contribution in [2.45, 2.75) is 45.0 Å². The van der Waals surface area contributed by atoms with Crippen LogP contribution in [0.3, 0.4) is 0 Å². The Morgan fingerprint density at radius 1 is 1.26 bits per heavy atom. The third kappa shape index (κ3) is 10.4. The molecule has 0 radical (unpaired) electrons. The summed E-state index contributed by atoms with van der Waals surface area (Å²) >= 11 is 12.4. The Morgan fingerprint density at radius 3 is 2.58 bits per heavy atom. The number of methoxy groups -OCH3 is 1. The minimum absolute atomic E-state index is 0.118. The molecule has 8 nitrogen and oxygen atoms in total. The zero-order chi connectivity index (χ0) is 28.1. The number of ether oxygens (including phenoxy) is 2. The van der Waals surface area contributed by atoms with E-state index in [0.717, 1.165) is 16.3 Å². The Labute approximate surface area is 235 Å². The molecule has 2 rings (SSSR count). The zero-order valence-electron chi connectivity index (χ0n) is 22.8. The first-order valence-electron chi connectivity index (χ1n) is 13.0. The highest BCUT2D eigenvalue weighted by Gasteiger charge is 2.27. The fourth-order valence-electron chi connectivity index (χ4n) is 4.08. The molecule has 0 saturated carbocycles. The summed E-state index contributed by atoms with van der Waals surface area (Å²) in [5, 5.41) is 8.59. The van der Waals surface area contributed by atoms with Crippen LogP contribution in [-0.2, 0) is 14.3 Å². The molecule has 2 unspecified atom stereocenters.